The van der Waals surface area contributed by atoms with E-state index in [1.54, 1.807) is 6.20 Å². The fourth-order valence-corrected chi connectivity index (χ4v) is 1.42. The molecule has 1 unspecified atom stereocenters. The van der Waals surface area contributed by atoms with E-state index in [0.717, 1.165) is 19.6 Å². The fourth-order valence-electron chi connectivity index (χ4n) is 1.27. The molecule has 1 aromatic rings. The summed E-state index contributed by atoms with van der Waals surface area (Å²) in [6.07, 6.45) is 4.18. The van der Waals surface area contributed by atoms with E-state index in [4.69, 9.17) is 16.3 Å². The van der Waals surface area contributed by atoms with Crippen molar-refractivity contribution in [3.8, 4) is 0 Å². The normalized spacial score (nSPS) is 21.8. The van der Waals surface area contributed by atoms with Crippen molar-refractivity contribution in [1.82, 2.24) is 9.97 Å². The lowest BCUT2D eigenvalue weighted by molar-refractivity contribution is 0.195. The summed E-state index contributed by atoms with van der Waals surface area (Å²) in [6, 6.07) is 0.341. The van der Waals surface area contributed by atoms with Gasteiger partial charge in [0.1, 0.15) is 11.0 Å². The average Bonchev–Trinajstić information content (AvgIpc) is 2.57. The Hall–Kier alpha value is -0.870. The molecule has 2 heterocycles. The fraction of sp³-hybridized carbons (Fsp3) is 0.500. The van der Waals surface area contributed by atoms with Gasteiger partial charge in [-0.3, -0.25) is 4.98 Å². The van der Waals surface area contributed by atoms with Gasteiger partial charge in [-0.15, -0.1) is 0 Å². The molecule has 0 bridgehead atoms. The van der Waals surface area contributed by atoms with E-state index in [-0.39, 0.29) is 0 Å². The number of halogens is 1. The van der Waals surface area contributed by atoms with Crippen molar-refractivity contribution in [2.75, 3.05) is 18.5 Å². The minimum atomic E-state index is 0.341. The lowest BCUT2D eigenvalue weighted by atomic mass is 10.3. The molecule has 1 saturated heterocycles. The molecular formula is C8H10ClN3O. The van der Waals surface area contributed by atoms with Crippen LogP contribution in [-0.2, 0) is 4.74 Å². The van der Waals surface area contributed by atoms with Crippen molar-refractivity contribution in [3.63, 3.8) is 0 Å². The molecule has 70 valence electrons. The zero-order valence-electron chi connectivity index (χ0n) is 7.03. The number of rotatable bonds is 2. The maximum absolute atomic E-state index is 5.69. The first-order valence-electron chi connectivity index (χ1n) is 4.16. The van der Waals surface area contributed by atoms with E-state index in [1.807, 2.05) is 0 Å². The summed E-state index contributed by atoms with van der Waals surface area (Å²) in [7, 11) is 0. The van der Waals surface area contributed by atoms with Gasteiger partial charge in [0.15, 0.2) is 0 Å². The molecule has 1 atom stereocenters. The van der Waals surface area contributed by atoms with Gasteiger partial charge in [0, 0.05) is 6.61 Å². The van der Waals surface area contributed by atoms with Crippen LogP contribution in [0.3, 0.4) is 0 Å². The number of nitrogens with zero attached hydrogens (tertiary/aromatic N) is 2. The molecular weight excluding hydrogens is 190 g/mol. The van der Waals surface area contributed by atoms with Crippen LogP contribution in [0.4, 0.5) is 5.82 Å². The Balaban J connectivity index is 2.00. The molecule has 0 spiro atoms. The van der Waals surface area contributed by atoms with Crippen LogP contribution in [0, 0.1) is 0 Å². The van der Waals surface area contributed by atoms with Crippen molar-refractivity contribution in [2.24, 2.45) is 0 Å². The Labute approximate surface area is 81.3 Å². The summed E-state index contributed by atoms with van der Waals surface area (Å²) < 4.78 is 5.22. The van der Waals surface area contributed by atoms with E-state index in [9.17, 15) is 0 Å². The summed E-state index contributed by atoms with van der Waals surface area (Å²) >= 11 is 5.69. The summed E-state index contributed by atoms with van der Waals surface area (Å²) in [5, 5.41) is 3.61. The van der Waals surface area contributed by atoms with Gasteiger partial charge in [-0.2, -0.15) is 0 Å². The van der Waals surface area contributed by atoms with Gasteiger partial charge in [0.25, 0.3) is 0 Å². The summed E-state index contributed by atoms with van der Waals surface area (Å²) in [5.74, 6) is 0.711. The van der Waals surface area contributed by atoms with Crippen molar-refractivity contribution < 1.29 is 4.74 Å². The number of ether oxygens (including phenoxy) is 1. The average molecular weight is 200 g/mol. The minimum Gasteiger partial charge on any atom is -0.379 e. The van der Waals surface area contributed by atoms with Crippen molar-refractivity contribution >= 4 is 17.4 Å². The molecule has 2 rings (SSSR count). The first-order chi connectivity index (χ1) is 6.34. The van der Waals surface area contributed by atoms with Gasteiger partial charge in [-0.1, -0.05) is 11.6 Å². The number of anilines is 1. The molecule has 0 aromatic carbocycles. The summed E-state index contributed by atoms with van der Waals surface area (Å²) in [6.45, 7) is 1.54. The maximum atomic E-state index is 5.69. The molecule has 5 heteroatoms. The van der Waals surface area contributed by atoms with Crippen LogP contribution in [-0.4, -0.2) is 29.2 Å². The third-order valence-corrected chi connectivity index (χ3v) is 2.07. The predicted molar refractivity (Wildman–Crippen MR) is 49.9 cm³/mol. The minimum absolute atomic E-state index is 0.341. The van der Waals surface area contributed by atoms with Crippen LogP contribution in [0.2, 0.25) is 5.15 Å². The molecule has 0 saturated carbocycles. The Bertz CT molecular complexity index is 288. The largest absolute Gasteiger partial charge is 0.379 e. The molecule has 13 heavy (non-hydrogen) atoms. The standard InChI is InChI=1S/C8H10ClN3O/c9-7-3-10-4-8(12-7)11-6-1-2-13-5-6/h3-4,6H,1-2,5H2,(H,11,12). The third-order valence-electron chi connectivity index (χ3n) is 1.89. The SMILES string of the molecule is Clc1cncc(NC2CCOC2)n1. The van der Waals surface area contributed by atoms with Gasteiger partial charge < -0.3 is 10.1 Å². The predicted octanol–water partition coefficient (Wildman–Crippen LogP) is 1.33. The Morgan fingerprint density at radius 2 is 2.46 bits per heavy atom. The molecule has 1 aliphatic rings. The lowest BCUT2D eigenvalue weighted by Crippen LogP contribution is -2.19. The molecule has 0 aliphatic carbocycles. The number of nitrogens with one attached hydrogen (secondary N) is 1. The summed E-state index contributed by atoms with van der Waals surface area (Å²) in [5.41, 5.74) is 0. The van der Waals surface area contributed by atoms with Gasteiger partial charge in [-0.05, 0) is 6.42 Å². The Morgan fingerprint density at radius 3 is 3.15 bits per heavy atom. The van der Waals surface area contributed by atoms with E-state index in [2.05, 4.69) is 15.3 Å². The molecule has 1 aromatic heterocycles. The number of hydrogen-bond acceptors (Lipinski definition) is 4. The van der Waals surface area contributed by atoms with Gasteiger partial charge >= 0.3 is 0 Å². The first kappa shape index (κ1) is 8.72. The van der Waals surface area contributed by atoms with Gasteiger partial charge in [0.2, 0.25) is 0 Å². The zero-order valence-corrected chi connectivity index (χ0v) is 7.79. The molecule has 4 nitrogen and oxygen atoms in total. The zero-order chi connectivity index (χ0) is 9.10. The van der Waals surface area contributed by atoms with Crippen LogP contribution in [0.1, 0.15) is 6.42 Å². The molecule has 1 aliphatic heterocycles. The molecule has 0 radical (unpaired) electrons. The maximum Gasteiger partial charge on any atom is 0.149 e. The molecule has 1 fully saturated rings. The second-order valence-electron chi connectivity index (χ2n) is 2.93. The van der Waals surface area contributed by atoms with Crippen LogP contribution in [0.15, 0.2) is 12.4 Å². The number of aromatic nitrogens is 2. The smallest absolute Gasteiger partial charge is 0.149 e. The second-order valence-corrected chi connectivity index (χ2v) is 3.32. The monoisotopic (exact) mass is 199 g/mol. The highest BCUT2D eigenvalue weighted by atomic mass is 35.5. The molecule has 0 amide bonds. The van der Waals surface area contributed by atoms with Crippen LogP contribution in [0.25, 0.3) is 0 Å². The highest BCUT2D eigenvalue weighted by molar-refractivity contribution is 6.29. The van der Waals surface area contributed by atoms with Crippen LogP contribution < -0.4 is 5.32 Å². The summed E-state index contributed by atoms with van der Waals surface area (Å²) in [4.78, 5) is 8.00. The van der Waals surface area contributed by atoms with E-state index in [1.165, 1.54) is 6.20 Å². The topological polar surface area (TPSA) is 47.0 Å². The van der Waals surface area contributed by atoms with Gasteiger partial charge in [0.05, 0.1) is 25.0 Å². The van der Waals surface area contributed by atoms with Gasteiger partial charge in [-0.25, -0.2) is 4.98 Å². The second kappa shape index (κ2) is 3.89. The van der Waals surface area contributed by atoms with E-state index < -0.39 is 0 Å². The Kier molecular flexibility index (Phi) is 2.61. The van der Waals surface area contributed by atoms with Crippen LogP contribution in [0.5, 0.6) is 0 Å². The highest BCUT2D eigenvalue weighted by Gasteiger charge is 2.15. The molecule has 1 N–H and O–H groups in total. The Morgan fingerprint density at radius 1 is 1.54 bits per heavy atom. The quantitative estimate of drug-likeness (QED) is 0.781. The van der Waals surface area contributed by atoms with Crippen molar-refractivity contribution in [1.29, 1.82) is 0 Å². The first-order valence-corrected chi connectivity index (χ1v) is 4.54. The third kappa shape index (κ3) is 2.29. The highest BCUT2D eigenvalue weighted by Crippen LogP contribution is 2.12. The van der Waals surface area contributed by atoms with Crippen molar-refractivity contribution in [2.45, 2.75) is 12.5 Å². The number of hydrogen-bond donors (Lipinski definition) is 1. The van der Waals surface area contributed by atoms with E-state index >= 15 is 0 Å². The lowest BCUT2D eigenvalue weighted by Gasteiger charge is -2.10. The van der Waals surface area contributed by atoms with E-state index in [0.29, 0.717) is 17.0 Å². The van der Waals surface area contributed by atoms with Crippen LogP contribution >= 0.6 is 11.6 Å². The van der Waals surface area contributed by atoms with Crippen molar-refractivity contribution in [3.05, 3.63) is 17.5 Å².